The van der Waals surface area contributed by atoms with E-state index in [0.717, 1.165) is 25.0 Å². The number of amides is 2. The number of hydrogen-bond donors (Lipinski definition) is 2. The van der Waals surface area contributed by atoms with Gasteiger partial charge in [0.15, 0.2) is 0 Å². The summed E-state index contributed by atoms with van der Waals surface area (Å²) in [7, 11) is 0. The fourth-order valence-electron chi connectivity index (χ4n) is 4.97. The second kappa shape index (κ2) is 12.6. The van der Waals surface area contributed by atoms with Crippen molar-refractivity contribution in [3.63, 3.8) is 0 Å². The van der Waals surface area contributed by atoms with Crippen molar-refractivity contribution < 1.29 is 27.5 Å². The van der Waals surface area contributed by atoms with E-state index in [1.807, 2.05) is 24.3 Å². The number of alkyl halides is 3. The Balaban J connectivity index is 1.40. The van der Waals surface area contributed by atoms with E-state index in [1.54, 1.807) is 24.3 Å². The van der Waals surface area contributed by atoms with Gasteiger partial charge in [0.2, 0.25) is 0 Å². The average molecular weight is 599 g/mol. The van der Waals surface area contributed by atoms with Gasteiger partial charge in [-0.15, -0.1) is 18.3 Å². The van der Waals surface area contributed by atoms with Crippen molar-refractivity contribution in [3.05, 3.63) is 94.0 Å². The lowest BCUT2D eigenvalue weighted by Gasteiger charge is -2.26. The van der Waals surface area contributed by atoms with Crippen LogP contribution in [0, 0.1) is 0 Å². The molecule has 0 aliphatic heterocycles. The Labute approximate surface area is 244 Å². The van der Waals surface area contributed by atoms with Gasteiger partial charge in [-0.05, 0) is 77.6 Å². The molecule has 9 nitrogen and oxygen atoms in total. The third kappa shape index (κ3) is 7.24. The fourth-order valence-corrected chi connectivity index (χ4v) is 5.19. The number of carbonyl (C=O) groups is 2. The number of ether oxygens (including phenoxy) is 1. The molecule has 1 heterocycles. The molecule has 1 saturated carbocycles. The molecule has 2 amide bonds. The molecule has 2 N–H and O–H groups in total. The minimum atomic E-state index is -4.92. The summed E-state index contributed by atoms with van der Waals surface area (Å²) in [6.07, 6.45) is 0.947. The van der Waals surface area contributed by atoms with Crippen LogP contribution in [0.3, 0.4) is 0 Å². The standard InChI is InChI=1S/C29H26ClF3N6O3/c30-24-16-22(12-15-25(24)42-29(31,32)33)27(41)39(23-13-10-20(11-14-23)19-4-2-1-3-5-19)17-18-6-8-21(9-7-18)26(40)34-28-35-37-38-36-28/h6-16,19H,1-5,17H2,(H2,34,35,36,37,38,40). The maximum atomic E-state index is 13.8. The van der Waals surface area contributed by atoms with E-state index in [2.05, 4.69) is 30.7 Å². The van der Waals surface area contributed by atoms with Crippen LogP contribution < -0.4 is 15.0 Å². The smallest absolute Gasteiger partial charge is 0.404 e. The predicted octanol–water partition coefficient (Wildman–Crippen LogP) is 6.90. The molecule has 1 aliphatic carbocycles. The second-order valence-electron chi connectivity index (χ2n) is 9.90. The van der Waals surface area contributed by atoms with E-state index in [4.69, 9.17) is 11.6 Å². The van der Waals surface area contributed by atoms with Crippen LogP contribution in [0.5, 0.6) is 5.75 Å². The van der Waals surface area contributed by atoms with Crippen LogP contribution in [0.25, 0.3) is 0 Å². The summed E-state index contributed by atoms with van der Waals surface area (Å²) in [5.74, 6) is -1.01. The molecule has 0 saturated heterocycles. The van der Waals surface area contributed by atoms with E-state index < -0.39 is 23.9 Å². The molecule has 0 spiro atoms. The highest BCUT2D eigenvalue weighted by atomic mass is 35.5. The van der Waals surface area contributed by atoms with E-state index in [-0.39, 0.29) is 23.1 Å². The zero-order valence-electron chi connectivity index (χ0n) is 22.2. The molecule has 42 heavy (non-hydrogen) atoms. The van der Waals surface area contributed by atoms with Gasteiger partial charge in [0.25, 0.3) is 17.8 Å². The Kier molecular flexibility index (Phi) is 8.72. The van der Waals surface area contributed by atoms with Crippen molar-refractivity contribution in [1.82, 2.24) is 20.6 Å². The number of aromatic amines is 1. The number of hydrogen-bond acceptors (Lipinski definition) is 6. The number of tetrazole rings is 1. The predicted molar refractivity (Wildman–Crippen MR) is 149 cm³/mol. The summed E-state index contributed by atoms with van der Waals surface area (Å²) in [5.41, 5.74) is 2.94. The summed E-state index contributed by atoms with van der Waals surface area (Å²) in [4.78, 5) is 27.7. The molecular formula is C29H26ClF3N6O3. The topological polar surface area (TPSA) is 113 Å². The Bertz CT molecular complexity index is 1520. The van der Waals surface area contributed by atoms with Crippen molar-refractivity contribution in [3.8, 4) is 5.75 Å². The summed E-state index contributed by atoms with van der Waals surface area (Å²) in [6.45, 7) is 0.118. The van der Waals surface area contributed by atoms with Gasteiger partial charge in [-0.2, -0.15) is 5.21 Å². The molecular weight excluding hydrogens is 573 g/mol. The van der Waals surface area contributed by atoms with E-state index in [0.29, 0.717) is 22.7 Å². The van der Waals surface area contributed by atoms with Crippen LogP contribution in [0.4, 0.5) is 24.8 Å². The van der Waals surface area contributed by atoms with Crippen molar-refractivity contribution >= 4 is 35.1 Å². The fraction of sp³-hybridized carbons (Fsp3) is 0.276. The molecule has 3 aromatic carbocycles. The van der Waals surface area contributed by atoms with E-state index in [9.17, 15) is 22.8 Å². The minimum Gasteiger partial charge on any atom is -0.404 e. The molecule has 4 aromatic rings. The lowest BCUT2D eigenvalue weighted by atomic mass is 9.84. The highest BCUT2D eigenvalue weighted by Crippen LogP contribution is 2.35. The van der Waals surface area contributed by atoms with Crippen molar-refractivity contribution in [2.24, 2.45) is 0 Å². The maximum Gasteiger partial charge on any atom is 0.573 e. The number of nitrogens with one attached hydrogen (secondary N) is 2. The highest BCUT2D eigenvalue weighted by molar-refractivity contribution is 6.32. The van der Waals surface area contributed by atoms with Gasteiger partial charge in [0.1, 0.15) is 5.75 Å². The average Bonchev–Trinajstić information content (AvgIpc) is 3.50. The van der Waals surface area contributed by atoms with Gasteiger partial charge >= 0.3 is 6.36 Å². The first-order valence-corrected chi connectivity index (χ1v) is 13.6. The maximum absolute atomic E-state index is 13.8. The molecule has 218 valence electrons. The number of benzene rings is 3. The second-order valence-corrected chi connectivity index (χ2v) is 10.3. The largest absolute Gasteiger partial charge is 0.573 e. The number of rotatable bonds is 8. The van der Waals surface area contributed by atoms with Gasteiger partial charge in [-0.25, -0.2) is 0 Å². The molecule has 0 bridgehead atoms. The zero-order valence-corrected chi connectivity index (χ0v) is 23.0. The lowest BCUT2D eigenvalue weighted by molar-refractivity contribution is -0.274. The van der Waals surface area contributed by atoms with Gasteiger partial charge in [0.05, 0.1) is 11.6 Å². The molecule has 5 rings (SSSR count). The van der Waals surface area contributed by atoms with Crippen LogP contribution in [0.1, 0.15) is 69.9 Å². The molecule has 0 unspecified atom stereocenters. The Morgan fingerprint density at radius 2 is 1.67 bits per heavy atom. The monoisotopic (exact) mass is 598 g/mol. The number of H-pyrrole nitrogens is 1. The summed E-state index contributed by atoms with van der Waals surface area (Å²) in [5, 5.41) is 15.2. The van der Waals surface area contributed by atoms with Crippen molar-refractivity contribution in [1.29, 1.82) is 0 Å². The number of nitrogens with zero attached hydrogens (tertiary/aromatic N) is 4. The van der Waals surface area contributed by atoms with Gasteiger partial charge in [-0.3, -0.25) is 14.9 Å². The molecule has 1 aliphatic rings. The number of carbonyl (C=O) groups excluding carboxylic acids is 2. The van der Waals surface area contributed by atoms with Crippen molar-refractivity contribution in [2.75, 3.05) is 10.2 Å². The first-order valence-electron chi connectivity index (χ1n) is 13.3. The third-order valence-electron chi connectivity index (χ3n) is 7.06. The zero-order chi connectivity index (χ0) is 29.7. The molecule has 13 heteroatoms. The molecule has 1 aromatic heterocycles. The third-order valence-corrected chi connectivity index (χ3v) is 7.35. The van der Waals surface area contributed by atoms with Crippen LogP contribution in [-0.4, -0.2) is 38.8 Å². The first kappa shape index (κ1) is 29.1. The summed E-state index contributed by atoms with van der Waals surface area (Å²) < 4.78 is 42.1. The Morgan fingerprint density at radius 1 is 0.976 bits per heavy atom. The van der Waals surface area contributed by atoms with Crippen molar-refractivity contribution in [2.45, 2.75) is 50.9 Å². The molecule has 0 atom stereocenters. The minimum absolute atomic E-state index is 0.0304. The first-order chi connectivity index (χ1) is 20.2. The van der Waals surface area contributed by atoms with E-state index >= 15 is 0 Å². The van der Waals surface area contributed by atoms with Gasteiger partial charge < -0.3 is 9.64 Å². The number of halogens is 4. The molecule has 1 fully saturated rings. The number of anilines is 2. The number of aromatic nitrogens is 4. The normalized spacial score (nSPS) is 13.9. The van der Waals surface area contributed by atoms with Gasteiger partial charge in [0, 0.05) is 16.8 Å². The van der Waals surface area contributed by atoms with Crippen LogP contribution >= 0.6 is 11.6 Å². The van der Waals surface area contributed by atoms with Crippen LogP contribution in [0.15, 0.2) is 66.7 Å². The highest BCUT2D eigenvalue weighted by Gasteiger charge is 2.32. The Morgan fingerprint density at radius 3 is 2.29 bits per heavy atom. The lowest BCUT2D eigenvalue weighted by Crippen LogP contribution is -2.30. The van der Waals surface area contributed by atoms with Crippen LogP contribution in [-0.2, 0) is 6.54 Å². The summed E-state index contributed by atoms with van der Waals surface area (Å²) in [6, 6.07) is 17.8. The SMILES string of the molecule is O=C(Nc1nn[nH]n1)c1ccc(CN(C(=O)c2ccc(OC(F)(F)F)c(Cl)c2)c2ccc(C3CCCCC3)cc2)cc1. The van der Waals surface area contributed by atoms with Crippen LogP contribution in [0.2, 0.25) is 5.02 Å². The van der Waals surface area contributed by atoms with E-state index in [1.165, 1.54) is 35.8 Å². The summed E-state index contributed by atoms with van der Waals surface area (Å²) >= 11 is 6.05. The molecule has 0 radical (unpaired) electrons. The van der Waals surface area contributed by atoms with Gasteiger partial charge in [-0.1, -0.05) is 60.2 Å². The Hall–Kier alpha value is -4.45. The quantitative estimate of drug-likeness (QED) is 0.228.